The van der Waals surface area contributed by atoms with E-state index in [1.165, 1.54) is 0 Å². The number of ether oxygens (including phenoxy) is 1. The van der Waals surface area contributed by atoms with E-state index in [4.69, 9.17) is 4.74 Å². The van der Waals surface area contributed by atoms with E-state index in [0.29, 0.717) is 13.1 Å². The minimum Gasteiger partial charge on any atom is -0.394 e. The first-order valence-corrected chi connectivity index (χ1v) is 7.71. The van der Waals surface area contributed by atoms with Crippen LogP contribution in [0.1, 0.15) is 19.4 Å². The second kappa shape index (κ2) is 6.73. The number of halogens is 1. The molecule has 0 radical (unpaired) electrons. The van der Waals surface area contributed by atoms with Gasteiger partial charge in [-0.1, -0.05) is 34.1 Å². The number of morpholine rings is 1. The first-order chi connectivity index (χ1) is 9.91. The number of amides is 1. The molecule has 1 unspecified atom stereocenters. The number of carbonyl (C=O) groups is 1. The molecule has 1 saturated heterocycles. The van der Waals surface area contributed by atoms with Crippen LogP contribution in [0.15, 0.2) is 34.8 Å². The molecule has 1 fully saturated rings. The summed E-state index contributed by atoms with van der Waals surface area (Å²) in [7, 11) is 0. The van der Waals surface area contributed by atoms with Gasteiger partial charge in [-0.05, 0) is 31.6 Å². The lowest BCUT2D eigenvalue weighted by Crippen LogP contribution is -2.55. The van der Waals surface area contributed by atoms with E-state index in [0.717, 1.165) is 10.0 Å². The molecule has 1 aliphatic heterocycles. The topological polar surface area (TPSA) is 49.8 Å². The second-order valence-electron chi connectivity index (χ2n) is 5.76. The molecule has 1 aliphatic rings. The maximum atomic E-state index is 12.3. The molecule has 0 spiro atoms. The fourth-order valence-corrected chi connectivity index (χ4v) is 2.85. The van der Waals surface area contributed by atoms with Gasteiger partial charge in [0.15, 0.2) is 0 Å². The molecular formula is C16H20BrNO3. The van der Waals surface area contributed by atoms with E-state index < -0.39 is 5.60 Å². The van der Waals surface area contributed by atoms with E-state index >= 15 is 0 Å². The average Bonchev–Trinajstić information content (AvgIpc) is 2.44. The summed E-state index contributed by atoms with van der Waals surface area (Å²) in [4.78, 5) is 14.0. The quantitative estimate of drug-likeness (QED) is 0.849. The highest BCUT2D eigenvalue weighted by Crippen LogP contribution is 2.22. The van der Waals surface area contributed by atoms with Crippen LogP contribution in [0.25, 0.3) is 6.08 Å². The number of hydrogen-bond donors (Lipinski definition) is 1. The minimum atomic E-state index is -0.442. The molecule has 1 heterocycles. The van der Waals surface area contributed by atoms with E-state index in [9.17, 15) is 9.90 Å². The Bertz CT molecular complexity index is 542. The molecule has 5 heteroatoms. The summed E-state index contributed by atoms with van der Waals surface area (Å²) in [5.74, 6) is -0.0689. The molecule has 4 nitrogen and oxygen atoms in total. The molecule has 21 heavy (non-hydrogen) atoms. The van der Waals surface area contributed by atoms with Crippen LogP contribution in [0.5, 0.6) is 0 Å². The summed E-state index contributed by atoms with van der Waals surface area (Å²) < 4.78 is 6.66. The Kier molecular flexibility index (Phi) is 5.19. The fourth-order valence-electron chi connectivity index (χ4n) is 2.44. The lowest BCUT2D eigenvalue weighted by atomic mass is 10.1. The van der Waals surface area contributed by atoms with Gasteiger partial charge >= 0.3 is 0 Å². The van der Waals surface area contributed by atoms with Crippen molar-refractivity contribution in [1.82, 2.24) is 4.90 Å². The molecule has 1 amide bonds. The first kappa shape index (κ1) is 16.2. The van der Waals surface area contributed by atoms with Crippen LogP contribution in [-0.2, 0) is 9.53 Å². The van der Waals surface area contributed by atoms with Gasteiger partial charge in [-0.25, -0.2) is 0 Å². The monoisotopic (exact) mass is 353 g/mol. The van der Waals surface area contributed by atoms with E-state index in [1.807, 2.05) is 38.1 Å². The molecule has 0 aliphatic carbocycles. The summed E-state index contributed by atoms with van der Waals surface area (Å²) in [6.07, 6.45) is 3.04. The van der Waals surface area contributed by atoms with Gasteiger partial charge in [0.1, 0.15) is 0 Å². The third-order valence-corrected chi connectivity index (χ3v) is 4.03. The van der Waals surface area contributed by atoms with Gasteiger partial charge in [0, 0.05) is 23.6 Å². The predicted molar refractivity (Wildman–Crippen MR) is 85.8 cm³/mol. The Morgan fingerprint density at radius 2 is 2.24 bits per heavy atom. The Morgan fingerprint density at radius 1 is 1.52 bits per heavy atom. The van der Waals surface area contributed by atoms with Gasteiger partial charge in [0.05, 0.1) is 18.3 Å². The maximum absolute atomic E-state index is 12.3. The molecule has 114 valence electrons. The number of rotatable bonds is 3. The third-order valence-electron chi connectivity index (χ3n) is 3.31. The largest absolute Gasteiger partial charge is 0.394 e. The predicted octanol–water partition coefficient (Wildman–Crippen LogP) is 2.46. The van der Waals surface area contributed by atoms with Crippen LogP contribution in [0.3, 0.4) is 0 Å². The SMILES string of the molecule is CC1(C)CN(C(=O)/C=C/c2ccccc2Br)CC(CO)O1. The summed E-state index contributed by atoms with van der Waals surface area (Å²) in [5, 5.41) is 9.28. The number of benzene rings is 1. The maximum Gasteiger partial charge on any atom is 0.246 e. The minimum absolute atomic E-state index is 0.0689. The molecule has 1 aromatic rings. The van der Waals surface area contributed by atoms with Gasteiger partial charge in [-0.3, -0.25) is 4.79 Å². The lowest BCUT2D eigenvalue weighted by Gasteiger charge is -2.41. The molecule has 1 aromatic carbocycles. The van der Waals surface area contributed by atoms with Crippen molar-refractivity contribution in [3.63, 3.8) is 0 Å². The molecule has 1 atom stereocenters. The van der Waals surface area contributed by atoms with Gasteiger partial charge in [0.25, 0.3) is 0 Å². The van der Waals surface area contributed by atoms with Crippen LogP contribution in [0, 0.1) is 0 Å². The van der Waals surface area contributed by atoms with Crippen molar-refractivity contribution in [3.8, 4) is 0 Å². The number of aliphatic hydroxyl groups is 1. The molecular weight excluding hydrogens is 334 g/mol. The number of hydrogen-bond acceptors (Lipinski definition) is 3. The van der Waals surface area contributed by atoms with Crippen LogP contribution in [-0.4, -0.2) is 47.3 Å². The number of carbonyl (C=O) groups excluding carboxylic acids is 1. The second-order valence-corrected chi connectivity index (χ2v) is 6.61. The molecule has 0 bridgehead atoms. The highest BCUT2D eigenvalue weighted by atomic mass is 79.9. The summed E-state index contributed by atoms with van der Waals surface area (Å²) in [5.41, 5.74) is 0.514. The third kappa shape index (κ3) is 4.40. The average molecular weight is 354 g/mol. The Labute approximate surface area is 133 Å². The summed E-state index contributed by atoms with van der Waals surface area (Å²) in [6.45, 7) is 4.70. The Morgan fingerprint density at radius 3 is 2.90 bits per heavy atom. The van der Waals surface area contributed by atoms with Gasteiger partial charge < -0.3 is 14.7 Å². The highest BCUT2D eigenvalue weighted by molar-refractivity contribution is 9.10. The zero-order valence-corrected chi connectivity index (χ0v) is 13.8. The summed E-state index contributed by atoms with van der Waals surface area (Å²) in [6, 6.07) is 7.73. The summed E-state index contributed by atoms with van der Waals surface area (Å²) >= 11 is 3.45. The van der Waals surface area contributed by atoms with Crippen LogP contribution in [0.4, 0.5) is 0 Å². The van der Waals surface area contributed by atoms with Crippen molar-refractivity contribution in [2.45, 2.75) is 25.6 Å². The van der Waals surface area contributed by atoms with E-state index in [1.54, 1.807) is 17.1 Å². The Balaban J connectivity index is 2.07. The smallest absolute Gasteiger partial charge is 0.246 e. The van der Waals surface area contributed by atoms with Crippen molar-refractivity contribution >= 4 is 27.9 Å². The molecule has 2 rings (SSSR count). The highest BCUT2D eigenvalue weighted by Gasteiger charge is 2.34. The van der Waals surface area contributed by atoms with Crippen molar-refractivity contribution in [1.29, 1.82) is 0 Å². The van der Waals surface area contributed by atoms with Gasteiger partial charge in [-0.15, -0.1) is 0 Å². The van der Waals surface area contributed by atoms with Crippen molar-refractivity contribution < 1.29 is 14.6 Å². The first-order valence-electron chi connectivity index (χ1n) is 6.91. The standard InChI is InChI=1S/C16H20BrNO3/c1-16(2)11-18(9-13(10-19)21-16)15(20)8-7-12-5-3-4-6-14(12)17/h3-8,13,19H,9-11H2,1-2H3/b8-7+. The fraction of sp³-hybridized carbons (Fsp3) is 0.438. The lowest BCUT2D eigenvalue weighted by molar-refractivity contribution is -0.163. The normalized spacial score (nSPS) is 21.7. The molecule has 0 saturated carbocycles. The van der Waals surface area contributed by atoms with Crippen LogP contribution >= 0.6 is 15.9 Å². The van der Waals surface area contributed by atoms with Crippen molar-refractivity contribution in [3.05, 3.63) is 40.4 Å². The zero-order chi connectivity index (χ0) is 15.5. The van der Waals surface area contributed by atoms with E-state index in [-0.39, 0.29) is 18.6 Å². The number of aliphatic hydroxyl groups excluding tert-OH is 1. The van der Waals surface area contributed by atoms with Crippen molar-refractivity contribution in [2.75, 3.05) is 19.7 Å². The van der Waals surface area contributed by atoms with Crippen LogP contribution in [0.2, 0.25) is 0 Å². The van der Waals surface area contributed by atoms with E-state index in [2.05, 4.69) is 15.9 Å². The van der Waals surface area contributed by atoms with Gasteiger partial charge in [0.2, 0.25) is 5.91 Å². The Hall–Kier alpha value is -1.17. The molecule has 0 aromatic heterocycles. The van der Waals surface area contributed by atoms with Gasteiger partial charge in [-0.2, -0.15) is 0 Å². The zero-order valence-electron chi connectivity index (χ0n) is 12.3. The van der Waals surface area contributed by atoms with Crippen molar-refractivity contribution in [2.24, 2.45) is 0 Å². The molecule has 1 N–H and O–H groups in total. The van der Waals surface area contributed by atoms with Crippen LogP contribution < -0.4 is 0 Å². The number of nitrogens with zero attached hydrogens (tertiary/aromatic N) is 1.